The van der Waals surface area contributed by atoms with Crippen LogP contribution in [0.5, 0.6) is 0 Å². The third-order valence-electron chi connectivity index (χ3n) is 4.33. The molecule has 118 valence electrons. The fourth-order valence-electron chi connectivity index (χ4n) is 2.77. The lowest BCUT2D eigenvalue weighted by Gasteiger charge is -2.35. The average molecular weight is 332 g/mol. The van der Waals surface area contributed by atoms with Gasteiger partial charge in [-0.15, -0.1) is 0 Å². The van der Waals surface area contributed by atoms with Gasteiger partial charge in [-0.3, -0.25) is 0 Å². The van der Waals surface area contributed by atoms with E-state index in [0.717, 1.165) is 19.3 Å². The summed E-state index contributed by atoms with van der Waals surface area (Å²) in [6, 6.07) is 6.31. The SMILES string of the molecule is CCC1CCC(O)(CNS(=O)(=O)c2ccccc2Cl)CC1. The van der Waals surface area contributed by atoms with Gasteiger partial charge in [0, 0.05) is 6.54 Å². The summed E-state index contributed by atoms with van der Waals surface area (Å²) in [4.78, 5) is 0.0533. The molecule has 2 N–H and O–H groups in total. The Labute approximate surface area is 131 Å². The van der Waals surface area contributed by atoms with Crippen LogP contribution < -0.4 is 4.72 Å². The molecule has 1 saturated carbocycles. The van der Waals surface area contributed by atoms with Crippen LogP contribution in [0, 0.1) is 5.92 Å². The van der Waals surface area contributed by atoms with Crippen LogP contribution in [0.4, 0.5) is 0 Å². The summed E-state index contributed by atoms with van der Waals surface area (Å²) in [5, 5.41) is 10.7. The largest absolute Gasteiger partial charge is 0.389 e. The van der Waals surface area contributed by atoms with Crippen LogP contribution in [0.3, 0.4) is 0 Å². The zero-order chi connectivity index (χ0) is 15.5. The van der Waals surface area contributed by atoms with Crippen LogP contribution >= 0.6 is 11.6 Å². The normalized spacial score (nSPS) is 26.7. The average Bonchev–Trinajstić information content (AvgIpc) is 2.47. The van der Waals surface area contributed by atoms with Crippen LogP contribution in [0.1, 0.15) is 39.0 Å². The molecule has 0 amide bonds. The molecule has 0 aliphatic heterocycles. The molecule has 1 aliphatic rings. The van der Waals surface area contributed by atoms with E-state index in [2.05, 4.69) is 11.6 Å². The van der Waals surface area contributed by atoms with E-state index < -0.39 is 15.6 Å². The van der Waals surface area contributed by atoms with Crippen molar-refractivity contribution in [2.24, 2.45) is 5.92 Å². The van der Waals surface area contributed by atoms with Crippen molar-refractivity contribution in [1.29, 1.82) is 0 Å². The Kier molecular flexibility index (Phi) is 5.30. The maximum atomic E-state index is 12.3. The van der Waals surface area contributed by atoms with E-state index in [1.54, 1.807) is 12.1 Å². The molecule has 0 spiro atoms. The summed E-state index contributed by atoms with van der Waals surface area (Å²) < 4.78 is 27.0. The van der Waals surface area contributed by atoms with Crippen molar-refractivity contribution in [2.75, 3.05) is 6.54 Å². The summed E-state index contributed by atoms with van der Waals surface area (Å²) >= 11 is 5.92. The second-order valence-corrected chi connectivity index (χ2v) is 7.97. The van der Waals surface area contributed by atoms with Gasteiger partial charge in [-0.1, -0.05) is 37.1 Å². The molecular weight excluding hydrogens is 310 g/mol. The van der Waals surface area contributed by atoms with Crippen LogP contribution in [0.2, 0.25) is 5.02 Å². The van der Waals surface area contributed by atoms with Gasteiger partial charge < -0.3 is 5.11 Å². The molecule has 6 heteroatoms. The molecule has 4 nitrogen and oxygen atoms in total. The molecule has 1 aromatic carbocycles. The molecule has 0 unspecified atom stereocenters. The molecule has 0 bridgehead atoms. The summed E-state index contributed by atoms with van der Waals surface area (Å²) in [6.45, 7) is 2.19. The minimum atomic E-state index is -3.69. The lowest BCUT2D eigenvalue weighted by Crippen LogP contribution is -2.45. The topological polar surface area (TPSA) is 66.4 Å². The lowest BCUT2D eigenvalue weighted by atomic mass is 9.78. The monoisotopic (exact) mass is 331 g/mol. The van der Waals surface area contributed by atoms with Crippen molar-refractivity contribution in [3.05, 3.63) is 29.3 Å². The Balaban J connectivity index is 2.01. The molecule has 0 heterocycles. The van der Waals surface area contributed by atoms with E-state index in [1.165, 1.54) is 12.1 Å². The van der Waals surface area contributed by atoms with Gasteiger partial charge in [0.25, 0.3) is 0 Å². The lowest BCUT2D eigenvalue weighted by molar-refractivity contribution is -0.00442. The second-order valence-electron chi connectivity index (χ2n) is 5.83. The molecule has 1 aliphatic carbocycles. The summed E-state index contributed by atoms with van der Waals surface area (Å²) in [5.41, 5.74) is -0.944. The first kappa shape index (κ1) is 16.7. The number of rotatable bonds is 5. The van der Waals surface area contributed by atoms with Gasteiger partial charge >= 0.3 is 0 Å². The molecule has 1 aromatic rings. The van der Waals surface area contributed by atoms with Crippen molar-refractivity contribution in [1.82, 2.24) is 4.72 Å². The number of hydrogen-bond donors (Lipinski definition) is 2. The molecule has 0 saturated heterocycles. The highest BCUT2D eigenvalue weighted by Crippen LogP contribution is 2.33. The molecule has 2 rings (SSSR count). The number of benzene rings is 1. The molecule has 0 aromatic heterocycles. The van der Waals surface area contributed by atoms with E-state index in [-0.39, 0.29) is 16.5 Å². The molecule has 1 fully saturated rings. The summed E-state index contributed by atoms with van der Waals surface area (Å²) in [7, 11) is -3.69. The minimum absolute atomic E-state index is 0.0387. The Morgan fingerprint density at radius 1 is 1.33 bits per heavy atom. The third-order valence-corrected chi connectivity index (χ3v) is 6.23. The predicted molar refractivity (Wildman–Crippen MR) is 83.8 cm³/mol. The van der Waals surface area contributed by atoms with Crippen molar-refractivity contribution in [3.8, 4) is 0 Å². The highest BCUT2D eigenvalue weighted by atomic mass is 35.5. The number of nitrogens with one attached hydrogen (secondary N) is 1. The highest BCUT2D eigenvalue weighted by molar-refractivity contribution is 7.89. The number of hydrogen-bond acceptors (Lipinski definition) is 3. The smallest absolute Gasteiger partial charge is 0.242 e. The maximum Gasteiger partial charge on any atom is 0.242 e. The first-order valence-electron chi connectivity index (χ1n) is 7.33. The summed E-state index contributed by atoms with van der Waals surface area (Å²) in [5.74, 6) is 0.644. The zero-order valence-electron chi connectivity index (χ0n) is 12.2. The number of halogens is 1. The molecule has 0 atom stereocenters. The van der Waals surface area contributed by atoms with E-state index >= 15 is 0 Å². The van der Waals surface area contributed by atoms with Gasteiger partial charge in [0.15, 0.2) is 0 Å². The van der Waals surface area contributed by atoms with Crippen LogP contribution in [0.25, 0.3) is 0 Å². The van der Waals surface area contributed by atoms with Crippen molar-refractivity contribution < 1.29 is 13.5 Å². The predicted octanol–water partition coefficient (Wildman–Crippen LogP) is 2.95. The van der Waals surface area contributed by atoms with Gasteiger partial charge in [-0.2, -0.15) is 0 Å². The Bertz CT molecular complexity index is 580. The van der Waals surface area contributed by atoms with Crippen LogP contribution in [-0.4, -0.2) is 25.7 Å². The van der Waals surface area contributed by atoms with Gasteiger partial charge in [-0.05, 0) is 43.7 Å². The zero-order valence-corrected chi connectivity index (χ0v) is 13.8. The second kappa shape index (κ2) is 6.65. The summed E-state index contributed by atoms with van der Waals surface area (Å²) in [6.07, 6.45) is 4.27. The van der Waals surface area contributed by atoms with Crippen LogP contribution in [-0.2, 0) is 10.0 Å². The van der Waals surface area contributed by atoms with Gasteiger partial charge in [0.2, 0.25) is 10.0 Å². The Morgan fingerprint density at radius 3 is 2.52 bits per heavy atom. The minimum Gasteiger partial charge on any atom is -0.389 e. The van der Waals surface area contributed by atoms with E-state index in [1.807, 2.05) is 0 Å². The molecule has 21 heavy (non-hydrogen) atoms. The van der Waals surface area contributed by atoms with E-state index in [9.17, 15) is 13.5 Å². The van der Waals surface area contributed by atoms with Crippen molar-refractivity contribution in [2.45, 2.75) is 49.5 Å². The number of sulfonamides is 1. The van der Waals surface area contributed by atoms with Crippen LogP contribution in [0.15, 0.2) is 29.2 Å². The highest BCUT2D eigenvalue weighted by Gasteiger charge is 2.34. The van der Waals surface area contributed by atoms with Crippen molar-refractivity contribution in [3.63, 3.8) is 0 Å². The number of aliphatic hydroxyl groups is 1. The Morgan fingerprint density at radius 2 is 1.95 bits per heavy atom. The molecule has 0 radical (unpaired) electrons. The van der Waals surface area contributed by atoms with E-state index in [0.29, 0.717) is 18.8 Å². The fourth-order valence-corrected chi connectivity index (χ4v) is 4.41. The quantitative estimate of drug-likeness (QED) is 0.871. The maximum absolute atomic E-state index is 12.3. The van der Waals surface area contributed by atoms with E-state index in [4.69, 9.17) is 11.6 Å². The first-order valence-corrected chi connectivity index (χ1v) is 9.19. The van der Waals surface area contributed by atoms with Gasteiger partial charge in [0.1, 0.15) is 4.90 Å². The first-order chi connectivity index (χ1) is 9.86. The van der Waals surface area contributed by atoms with Gasteiger partial charge in [0.05, 0.1) is 10.6 Å². The molecular formula is C15H22ClNO3S. The standard InChI is InChI=1S/C15H22ClNO3S/c1-2-12-7-9-15(18,10-8-12)11-17-21(19,20)14-6-4-3-5-13(14)16/h3-6,12,17-18H,2,7-11H2,1H3. The van der Waals surface area contributed by atoms with Crippen molar-refractivity contribution >= 4 is 21.6 Å². The third kappa shape index (κ3) is 4.19. The van der Waals surface area contributed by atoms with Gasteiger partial charge in [-0.25, -0.2) is 13.1 Å². The fraction of sp³-hybridized carbons (Fsp3) is 0.600. The Hall–Kier alpha value is -0.620.